The van der Waals surface area contributed by atoms with Crippen molar-refractivity contribution in [2.24, 2.45) is 0 Å². The maximum absolute atomic E-state index is 12.5. The molecule has 0 unspecified atom stereocenters. The standard InChI is InChI=1S/C39H32O10/c40-32-18-30(19-33(41)36(32)48-22-24-10-12-26-6-1-3-8-28(26)16-24)38(44)46-14-5-15-47-39(45)31-20-34(42)37(35(43)21-31)49-23-25-11-13-27-7-2-4-9-29(27)17-25/h1-4,6-13,16-21,40-43H,5,14-15,22-23H2. The topological polar surface area (TPSA) is 152 Å². The quantitative estimate of drug-likeness (QED) is 0.0773. The highest BCUT2D eigenvalue weighted by atomic mass is 16.5. The van der Waals surface area contributed by atoms with Crippen LogP contribution in [0.15, 0.2) is 109 Å². The lowest BCUT2D eigenvalue weighted by molar-refractivity contribution is 0.0394. The third kappa shape index (κ3) is 7.77. The van der Waals surface area contributed by atoms with E-state index in [-0.39, 0.29) is 55.5 Å². The summed E-state index contributed by atoms with van der Waals surface area (Å²) in [6.07, 6.45) is 0.132. The monoisotopic (exact) mass is 660 g/mol. The first-order valence-corrected chi connectivity index (χ1v) is 15.4. The van der Waals surface area contributed by atoms with Gasteiger partial charge in [-0.2, -0.15) is 0 Å². The van der Waals surface area contributed by atoms with E-state index in [1.807, 2.05) is 84.9 Å². The fourth-order valence-electron chi connectivity index (χ4n) is 5.25. The molecular weight excluding hydrogens is 628 g/mol. The molecule has 10 heteroatoms. The number of phenols is 4. The zero-order chi connectivity index (χ0) is 34.3. The van der Waals surface area contributed by atoms with E-state index in [1.54, 1.807) is 0 Å². The van der Waals surface area contributed by atoms with Gasteiger partial charge in [-0.25, -0.2) is 9.59 Å². The van der Waals surface area contributed by atoms with Gasteiger partial charge in [-0.05, 0) is 69.1 Å². The van der Waals surface area contributed by atoms with E-state index in [0.717, 1.165) is 56.9 Å². The van der Waals surface area contributed by atoms with Crippen LogP contribution in [0.5, 0.6) is 34.5 Å². The minimum Gasteiger partial charge on any atom is -0.504 e. The lowest BCUT2D eigenvalue weighted by atomic mass is 10.1. The number of benzene rings is 6. The summed E-state index contributed by atoms with van der Waals surface area (Å²) in [7, 11) is 0. The molecule has 0 spiro atoms. The molecule has 248 valence electrons. The molecule has 0 fully saturated rings. The number of rotatable bonds is 12. The van der Waals surface area contributed by atoms with Crippen molar-refractivity contribution < 1.29 is 49.0 Å². The van der Waals surface area contributed by atoms with Gasteiger partial charge in [0, 0.05) is 6.42 Å². The molecule has 0 saturated carbocycles. The lowest BCUT2D eigenvalue weighted by Crippen LogP contribution is -2.11. The van der Waals surface area contributed by atoms with Gasteiger partial charge in [0.25, 0.3) is 0 Å². The van der Waals surface area contributed by atoms with Gasteiger partial charge in [0.2, 0.25) is 11.5 Å². The van der Waals surface area contributed by atoms with Gasteiger partial charge < -0.3 is 39.4 Å². The summed E-state index contributed by atoms with van der Waals surface area (Å²) >= 11 is 0. The minimum absolute atomic E-state index is 0.0811. The number of carbonyl (C=O) groups is 2. The van der Waals surface area contributed by atoms with Crippen LogP contribution in [0.1, 0.15) is 38.3 Å². The molecule has 10 nitrogen and oxygen atoms in total. The first-order chi connectivity index (χ1) is 23.7. The Hall–Kier alpha value is -6.42. The minimum atomic E-state index is -0.813. The second-order valence-corrected chi connectivity index (χ2v) is 11.3. The number of esters is 2. The maximum Gasteiger partial charge on any atom is 0.338 e. The van der Waals surface area contributed by atoms with E-state index in [9.17, 15) is 30.0 Å². The number of carbonyl (C=O) groups excluding carboxylic acids is 2. The SMILES string of the molecule is O=C(OCCCOC(=O)c1cc(O)c(OCc2ccc3ccccc3c2)c(O)c1)c1cc(O)c(OCc2ccc3ccccc3c2)c(O)c1. The molecule has 0 saturated heterocycles. The zero-order valence-corrected chi connectivity index (χ0v) is 26.2. The van der Waals surface area contributed by atoms with E-state index in [2.05, 4.69) is 0 Å². The molecule has 6 aromatic rings. The number of aromatic hydroxyl groups is 4. The summed E-state index contributed by atoms with van der Waals surface area (Å²) in [5.74, 6) is -3.69. The van der Waals surface area contributed by atoms with Gasteiger partial charge in [-0.1, -0.05) is 72.8 Å². The zero-order valence-electron chi connectivity index (χ0n) is 26.2. The van der Waals surface area contributed by atoms with Gasteiger partial charge in [-0.15, -0.1) is 0 Å². The fraction of sp³-hybridized carbons (Fsp3) is 0.128. The van der Waals surface area contributed by atoms with Crippen LogP contribution >= 0.6 is 0 Å². The molecule has 0 amide bonds. The highest BCUT2D eigenvalue weighted by molar-refractivity contribution is 5.92. The Balaban J connectivity index is 0.955. The molecular formula is C39H32O10. The van der Waals surface area contributed by atoms with E-state index >= 15 is 0 Å². The number of phenolic OH excluding ortho intramolecular Hbond substituents is 4. The number of fused-ring (bicyclic) bond motifs is 2. The molecule has 49 heavy (non-hydrogen) atoms. The predicted molar refractivity (Wildman–Crippen MR) is 181 cm³/mol. The van der Waals surface area contributed by atoms with Gasteiger partial charge in [-0.3, -0.25) is 0 Å². The Morgan fingerprint density at radius 3 is 1.22 bits per heavy atom. The Bertz CT molecular complexity index is 1960. The molecule has 0 bridgehead atoms. The summed E-state index contributed by atoms with van der Waals surface area (Å²) in [4.78, 5) is 25.1. The van der Waals surface area contributed by atoms with Gasteiger partial charge >= 0.3 is 11.9 Å². The van der Waals surface area contributed by atoms with Crippen LogP contribution in [0.3, 0.4) is 0 Å². The smallest absolute Gasteiger partial charge is 0.338 e. The molecule has 0 atom stereocenters. The maximum atomic E-state index is 12.5. The molecule has 0 aromatic heterocycles. The average Bonchev–Trinajstić information content (AvgIpc) is 3.10. The van der Waals surface area contributed by atoms with Crippen molar-refractivity contribution in [1.82, 2.24) is 0 Å². The Morgan fingerprint density at radius 1 is 0.469 bits per heavy atom. The molecule has 6 rings (SSSR count). The van der Waals surface area contributed by atoms with E-state index in [1.165, 1.54) is 0 Å². The van der Waals surface area contributed by atoms with Crippen molar-refractivity contribution >= 4 is 33.5 Å². The summed E-state index contributed by atoms with van der Waals surface area (Å²) in [6.45, 7) is -0.104. The lowest BCUT2D eigenvalue weighted by Gasteiger charge is -2.13. The van der Waals surface area contributed by atoms with Crippen LogP contribution in [0.2, 0.25) is 0 Å². The molecule has 0 heterocycles. The molecule has 0 aliphatic heterocycles. The van der Waals surface area contributed by atoms with Crippen LogP contribution in [0, 0.1) is 0 Å². The van der Waals surface area contributed by atoms with Gasteiger partial charge in [0.1, 0.15) is 13.2 Å². The molecule has 0 aliphatic rings. The Labute approximate surface area is 280 Å². The summed E-state index contributed by atoms with van der Waals surface area (Å²) in [5, 5.41) is 45.9. The first kappa shape index (κ1) is 32.5. The second-order valence-electron chi connectivity index (χ2n) is 11.3. The summed E-state index contributed by atoms with van der Waals surface area (Å²) in [6, 6.07) is 31.8. The average molecular weight is 661 g/mol. The molecule has 0 aliphatic carbocycles. The summed E-state index contributed by atoms with van der Waals surface area (Å²) < 4.78 is 21.6. The molecule has 4 N–H and O–H groups in total. The highest BCUT2D eigenvalue weighted by Crippen LogP contribution is 2.39. The fourth-order valence-corrected chi connectivity index (χ4v) is 5.25. The van der Waals surface area contributed by atoms with Crippen molar-refractivity contribution in [3.63, 3.8) is 0 Å². The van der Waals surface area contributed by atoms with Gasteiger partial charge in [0.15, 0.2) is 23.0 Å². The second kappa shape index (κ2) is 14.6. The van der Waals surface area contributed by atoms with Crippen molar-refractivity contribution in [3.05, 3.63) is 131 Å². The third-order valence-electron chi connectivity index (χ3n) is 7.72. The van der Waals surface area contributed by atoms with Crippen molar-refractivity contribution in [1.29, 1.82) is 0 Å². The van der Waals surface area contributed by atoms with E-state index in [0.29, 0.717) is 0 Å². The van der Waals surface area contributed by atoms with Crippen molar-refractivity contribution in [2.75, 3.05) is 13.2 Å². The van der Waals surface area contributed by atoms with E-state index < -0.39 is 34.9 Å². The third-order valence-corrected chi connectivity index (χ3v) is 7.72. The van der Waals surface area contributed by atoms with Crippen molar-refractivity contribution in [2.45, 2.75) is 19.6 Å². The largest absolute Gasteiger partial charge is 0.504 e. The number of ether oxygens (including phenoxy) is 4. The predicted octanol–water partition coefficient (Wildman–Crippen LogP) is 7.38. The number of hydrogen-bond donors (Lipinski definition) is 4. The van der Waals surface area contributed by atoms with Crippen LogP contribution in [0.4, 0.5) is 0 Å². The first-order valence-electron chi connectivity index (χ1n) is 15.4. The normalized spacial score (nSPS) is 10.9. The van der Waals surface area contributed by atoms with Crippen LogP contribution in [-0.2, 0) is 22.7 Å². The van der Waals surface area contributed by atoms with Crippen LogP contribution < -0.4 is 9.47 Å². The number of hydrogen-bond acceptors (Lipinski definition) is 10. The van der Waals surface area contributed by atoms with Crippen LogP contribution in [0.25, 0.3) is 21.5 Å². The van der Waals surface area contributed by atoms with Crippen LogP contribution in [-0.4, -0.2) is 45.6 Å². The highest BCUT2D eigenvalue weighted by Gasteiger charge is 2.19. The van der Waals surface area contributed by atoms with Crippen molar-refractivity contribution in [3.8, 4) is 34.5 Å². The molecule has 0 radical (unpaired) electrons. The molecule has 6 aromatic carbocycles. The Morgan fingerprint density at radius 2 is 0.837 bits per heavy atom. The van der Waals surface area contributed by atoms with E-state index in [4.69, 9.17) is 18.9 Å². The Kier molecular flexibility index (Phi) is 9.66. The summed E-state index contributed by atoms with van der Waals surface area (Å²) in [5.41, 5.74) is 1.46. The van der Waals surface area contributed by atoms with Gasteiger partial charge in [0.05, 0.1) is 24.3 Å².